The van der Waals surface area contributed by atoms with E-state index in [-0.39, 0.29) is 47.6 Å². The van der Waals surface area contributed by atoms with E-state index in [1.165, 1.54) is 6.92 Å². The molecule has 182 valence electrons. The fourth-order valence-electron chi connectivity index (χ4n) is 8.39. The van der Waals surface area contributed by atoms with Crippen molar-refractivity contribution in [3.8, 4) is 0 Å². The summed E-state index contributed by atoms with van der Waals surface area (Å²) in [6.45, 7) is 11.8. The molecule has 0 radical (unpaired) electrons. The van der Waals surface area contributed by atoms with E-state index in [9.17, 15) is 19.5 Å². The summed E-state index contributed by atoms with van der Waals surface area (Å²) >= 11 is 4.07. The van der Waals surface area contributed by atoms with E-state index >= 15 is 0 Å². The SMILES string of the molecule is CCCC(=O)O[C@]1(C(C)=O)C(C)C[C@H]2[C@@H]3CC(C)C4=CC(=O)C=C[C@]4(C)[C@@]3(Br)C(O)C[C@@]21C. The molecule has 0 saturated heterocycles. The Morgan fingerprint density at radius 1 is 1.21 bits per heavy atom. The number of hydrogen-bond donors (Lipinski definition) is 1. The number of rotatable bonds is 4. The van der Waals surface area contributed by atoms with Crippen LogP contribution in [0.4, 0.5) is 0 Å². The zero-order valence-corrected chi connectivity index (χ0v) is 22.2. The zero-order valence-electron chi connectivity index (χ0n) is 20.6. The lowest BCUT2D eigenvalue weighted by molar-refractivity contribution is -0.200. The second kappa shape index (κ2) is 7.87. The van der Waals surface area contributed by atoms with Crippen LogP contribution in [0.3, 0.4) is 0 Å². The van der Waals surface area contributed by atoms with Crippen LogP contribution in [0.5, 0.6) is 0 Å². The maximum atomic E-state index is 13.3. The van der Waals surface area contributed by atoms with Crippen molar-refractivity contribution < 1.29 is 24.2 Å². The predicted molar refractivity (Wildman–Crippen MR) is 130 cm³/mol. The molecule has 3 saturated carbocycles. The Kier molecular flexibility index (Phi) is 5.93. The van der Waals surface area contributed by atoms with Gasteiger partial charge in [0, 0.05) is 23.2 Å². The quantitative estimate of drug-likeness (QED) is 0.419. The summed E-state index contributed by atoms with van der Waals surface area (Å²) in [5.41, 5.74) is -1.37. The summed E-state index contributed by atoms with van der Waals surface area (Å²) in [5.74, 6) is -0.315. The molecule has 0 aromatic rings. The Morgan fingerprint density at radius 3 is 2.48 bits per heavy atom. The van der Waals surface area contributed by atoms with Crippen molar-refractivity contribution in [2.45, 2.75) is 89.7 Å². The van der Waals surface area contributed by atoms with Crippen LogP contribution < -0.4 is 0 Å². The molecular weight excluding hydrogens is 484 g/mol. The van der Waals surface area contributed by atoms with Gasteiger partial charge >= 0.3 is 5.97 Å². The summed E-state index contributed by atoms with van der Waals surface area (Å²) in [6, 6.07) is 0. The van der Waals surface area contributed by atoms with Crippen LogP contribution in [0.2, 0.25) is 0 Å². The van der Waals surface area contributed by atoms with Crippen molar-refractivity contribution in [1.82, 2.24) is 0 Å². The third kappa shape index (κ3) is 3.01. The first-order valence-corrected chi connectivity index (χ1v) is 13.1. The van der Waals surface area contributed by atoms with Gasteiger partial charge in [0.1, 0.15) is 0 Å². The minimum atomic E-state index is -1.24. The standard InChI is InChI=1S/C27H37BrO5/c1-7-8-23(32)33-27(17(4)29)16(3)12-20-21-11-15(2)19-13-18(30)9-10-24(19,5)26(21,28)22(31)14-25(20,27)6/h9-10,13,15-16,20-22,31H,7-8,11-12,14H2,1-6H3/t15?,16?,20-,21-,22?,24-,25-,26-,27-/m0/s1. The number of fused-ring (bicyclic) bond motifs is 5. The molecule has 4 aliphatic rings. The smallest absolute Gasteiger partial charge is 0.306 e. The minimum absolute atomic E-state index is 0.00747. The van der Waals surface area contributed by atoms with Crippen molar-refractivity contribution in [1.29, 1.82) is 0 Å². The maximum absolute atomic E-state index is 13.3. The largest absolute Gasteiger partial charge is 0.450 e. The number of allylic oxidation sites excluding steroid dienone is 4. The van der Waals surface area contributed by atoms with Crippen LogP contribution in [0, 0.1) is 34.5 Å². The van der Waals surface area contributed by atoms with Crippen LogP contribution in [0.25, 0.3) is 0 Å². The summed E-state index contributed by atoms with van der Waals surface area (Å²) in [4.78, 5) is 38.2. The van der Waals surface area contributed by atoms with Crippen molar-refractivity contribution in [2.75, 3.05) is 0 Å². The highest BCUT2D eigenvalue weighted by molar-refractivity contribution is 9.10. The van der Waals surface area contributed by atoms with Gasteiger partial charge in [-0.1, -0.05) is 62.2 Å². The Labute approximate surface area is 205 Å². The number of alkyl halides is 1. The van der Waals surface area contributed by atoms with Gasteiger partial charge in [-0.15, -0.1) is 0 Å². The van der Waals surface area contributed by atoms with Crippen molar-refractivity contribution >= 4 is 33.5 Å². The molecule has 0 spiro atoms. The fraction of sp³-hybridized carbons (Fsp3) is 0.741. The Morgan fingerprint density at radius 2 is 1.88 bits per heavy atom. The molecule has 0 aromatic heterocycles. The van der Waals surface area contributed by atoms with Gasteiger partial charge in [0.05, 0.1) is 10.4 Å². The first-order valence-electron chi connectivity index (χ1n) is 12.3. The van der Waals surface area contributed by atoms with E-state index in [1.807, 2.05) is 19.9 Å². The van der Waals surface area contributed by atoms with Gasteiger partial charge in [0.25, 0.3) is 0 Å². The number of Topliss-reactive ketones (excluding diaryl/α,β-unsaturated/α-hetero) is 1. The highest BCUT2D eigenvalue weighted by Gasteiger charge is 2.76. The topological polar surface area (TPSA) is 80.7 Å². The number of aliphatic hydroxyl groups is 1. The second-order valence-corrected chi connectivity index (χ2v) is 12.8. The third-order valence-corrected chi connectivity index (χ3v) is 11.7. The van der Waals surface area contributed by atoms with Gasteiger partial charge in [0.2, 0.25) is 0 Å². The molecule has 3 fully saturated rings. The Hall–Kier alpha value is -1.27. The van der Waals surface area contributed by atoms with E-state index in [0.717, 1.165) is 18.4 Å². The van der Waals surface area contributed by atoms with E-state index in [4.69, 9.17) is 4.74 Å². The number of carbonyl (C=O) groups excluding carboxylic acids is 3. The molecule has 0 amide bonds. The lowest BCUT2D eigenvalue weighted by atomic mass is 9.44. The second-order valence-electron chi connectivity index (χ2n) is 11.4. The van der Waals surface area contributed by atoms with Crippen molar-refractivity contribution in [3.63, 3.8) is 0 Å². The molecular formula is C27H37BrO5. The molecule has 4 aliphatic carbocycles. The van der Waals surface area contributed by atoms with E-state index in [0.29, 0.717) is 12.8 Å². The van der Waals surface area contributed by atoms with Gasteiger partial charge in [0.15, 0.2) is 17.2 Å². The molecule has 3 unspecified atom stereocenters. The Bertz CT molecular complexity index is 954. The van der Waals surface area contributed by atoms with Crippen LogP contribution in [0.15, 0.2) is 23.8 Å². The highest BCUT2D eigenvalue weighted by atomic mass is 79.9. The number of carbonyl (C=O) groups is 3. The molecule has 0 bridgehead atoms. The molecule has 4 rings (SSSR count). The predicted octanol–water partition coefficient (Wildman–Crippen LogP) is 4.95. The van der Waals surface area contributed by atoms with Crippen LogP contribution in [0.1, 0.15) is 73.6 Å². The fourth-order valence-corrected chi connectivity index (χ4v) is 9.42. The molecule has 33 heavy (non-hydrogen) atoms. The first kappa shape index (κ1) is 24.8. The number of halogens is 1. The van der Waals surface area contributed by atoms with Crippen LogP contribution >= 0.6 is 15.9 Å². The molecule has 0 heterocycles. The van der Waals surface area contributed by atoms with Crippen molar-refractivity contribution in [3.05, 3.63) is 23.8 Å². The average Bonchev–Trinajstić information content (AvgIpc) is 2.94. The van der Waals surface area contributed by atoms with Gasteiger partial charge in [-0.05, 0) is 62.5 Å². The van der Waals surface area contributed by atoms with Gasteiger partial charge in [-0.3, -0.25) is 14.4 Å². The van der Waals surface area contributed by atoms with Gasteiger partial charge < -0.3 is 9.84 Å². The van der Waals surface area contributed by atoms with Gasteiger partial charge in [-0.2, -0.15) is 0 Å². The number of hydrogen-bond acceptors (Lipinski definition) is 5. The molecule has 1 N–H and O–H groups in total. The lowest BCUT2D eigenvalue weighted by Crippen LogP contribution is -2.69. The molecule has 5 nitrogen and oxygen atoms in total. The molecule has 0 aromatic carbocycles. The van der Waals surface area contributed by atoms with E-state index < -0.39 is 26.9 Å². The maximum Gasteiger partial charge on any atom is 0.306 e. The average molecular weight is 521 g/mol. The monoisotopic (exact) mass is 520 g/mol. The summed E-state index contributed by atoms with van der Waals surface area (Å²) in [6.07, 6.45) is 7.38. The summed E-state index contributed by atoms with van der Waals surface area (Å²) in [5, 5.41) is 11.8. The number of esters is 1. The van der Waals surface area contributed by atoms with Crippen LogP contribution in [-0.4, -0.2) is 38.7 Å². The number of ether oxygens (including phenoxy) is 1. The first-order chi connectivity index (χ1) is 15.3. The zero-order chi connectivity index (χ0) is 24.6. The highest BCUT2D eigenvalue weighted by Crippen LogP contribution is 2.73. The molecule has 9 atom stereocenters. The molecule has 6 heteroatoms. The Balaban J connectivity index is 1.85. The minimum Gasteiger partial charge on any atom is -0.450 e. The summed E-state index contributed by atoms with van der Waals surface area (Å²) in [7, 11) is 0. The normalized spacial score (nSPS) is 48.4. The van der Waals surface area contributed by atoms with Gasteiger partial charge in [-0.25, -0.2) is 0 Å². The third-order valence-electron chi connectivity index (χ3n) is 9.76. The molecule has 0 aliphatic heterocycles. The lowest BCUT2D eigenvalue weighted by Gasteiger charge is -2.65. The van der Waals surface area contributed by atoms with E-state index in [1.54, 1.807) is 12.2 Å². The van der Waals surface area contributed by atoms with E-state index in [2.05, 4.69) is 36.7 Å². The van der Waals surface area contributed by atoms with Crippen LogP contribution in [-0.2, 0) is 19.1 Å². The van der Waals surface area contributed by atoms with Crippen molar-refractivity contribution in [2.24, 2.45) is 34.5 Å². The number of ketones is 2. The number of aliphatic hydroxyl groups excluding tert-OH is 1. The summed E-state index contributed by atoms with van der Waals surface area (Å²) < 4.78 is 5.47.